The van der Waals surface area contributed by atoms with Gasteiger partial charge < -0.3 is 10.1 Å². The quantitative estimate of drug-likeness (QED) is 0.502. The van der Waals surface area contributed by atoms with Crippen molar-refractivity contribution in [1.82, 2.24) is 0 Å². The average molecular weight is 354 g/mol. The van der Waals surface area contributed by atoms with Gasteiger partial charge in [-0.25, -0.2) is 4.39 Å². The second-order valence-corrected chi connectivity index (χ2v) is 4.70. The molecule has 1 aromatic carbocycles. The molecule has 0 aliphatic rings. The Hall–Kier alpha value is -0.960. The SMILES string of the molecule is COCC(C)Nc1cc(F)c(I)cc1[N+](=O)[O-]. The second kappa shape index (κ2) is 6.10. The zero-order chi connectivity index (χ0) is 13.0. The molecule has 1 rings (SSSR count). The molecule has 0 heterocycles. The number of benzene rings is 1. The molecule has 0 saturated heterocycles. The summed E-state index contributed by atoms with van der Waals surface area (Å²) in [5, 5.41) is 13.7. The van der Waals surface area contributed by atoms with Crippen molar-refractivity contribution in [2.45, 2.75) is 13.0 Å². The van der Waals surface area contributed by atoms with E-state index in [1.54, 1.807) is 29.5 Å². The van der Waals surface area contributed by atoms with E-state index in [4.69, 9.17) is 4.74 Å². The van der Waals surface area contributed by atoms with Crippen LogP contribution in [0.3, 0.4) is 0 Å². The number of hydrogen-bond acceptors (Lipinski definition) is 4. The van der Waals surface area contributed by atoms with Crippen molar-refractivity contribution < 1.29 is 14.1 Å². The third-order valence-corrected chi connectivity index (χ3v) is 2.88. The summed E-state index contributed by atoms with van der Waals surface area (Å²) in [6.07, 6.45) is 0. The van der Waals surface area contributed by atoms with Gasteiger partial charge in [0, 0.05) is 25.3 Å². The number of methoxy groups -OCH3 is 1. The summed E-state index contributed by atoms with van der Waals surface area (Å²) in [5.41, 5.74) is 0.0243. The van der Waals surface area contributed by atoms with Gasteiger partial charge >= 0.3 is 0 Å². The maximum atomic E-state index is 13.4. The first kappa shape index (κ1) is 14.1. The van der Waals surface area contributed by atoms with E-state index in [9.17, 15) is 14.5 Å². The van der Waals surface area contributed by atoms with E-state index in [0.29, 0.717) is 6.61 Å². The first-order chi connectivity index (χ1) is 7.95. The molecule has 17 heavy (non-hydrogen) atoms. The first-order valence-corrected chi connectivity index (χ1v) is 5.92. The van der Waals surface area contributed by atoms with Crippen molar-refractivity contribution in [1.29, 1.82) is 0 Å². The smallest absolute Gasteiger partial charge is 0.293 e. The lowest BCUT2D eigenvalue weighted by atomic mass is 10.2. The average Bonchev–Trinajstić information content (AvgIpc) is 2.23. The number of rotatable bonds is 5. The topological polar surface area (TPSA) is 64.4 Å². The Labute approximate surface area is 112 Å². The van der Waals surface area contributed by atoms with E-state index in [2.05, 4.69) is 5.32 Å². The molecule has 1 aromatic rings. The molecule has 7 heteroatoms. The van der Waals surface area contributed by atoms with Crippen LogP contribution in [0.4, 0.5) is 15.8 Å². The molecule has 0 amide bonds. The van der Waals surface area contributed by atoms with Crippen LogP contribution in [0.15, 0.2) is 12.1 Å². The zero-order valence-electron chi connectivity index (χ0n) is 9.37. The molecule has 94 valence electrons. The van der Waals surface area contributed by atoms with Crippen LogP contribution in [0.2, 0.25) is 0 Å². The van der Waals surface area contributed by atoms with Crippen molar-refractivity contribution in [2.75, 3.05) is 19.0 Å². The Bertz CT molecular complexity index is 428. The van der Waals surface area contributed by atoms with Crippen LogP contribution < -0.4 is 5.32 Å². The van der Waals surface area contributed by atoms with E-state index >= 15 is 0 Å². The lowest BCUT2D eigenvalue weighted by Crippen LogP contribution is -2.21. The number of hydrogen-bond donors (Lipinski definition) is 1. The molecule has 0 spiro atoms. The van der Waals surface area contributed by atoms with Crippen molar-refractivity contribution in [3.05, 3.63) is 31.6 Å². The van der Waals surface area contributed by atoms with Gasteiger partial charge in [0.2, 0.25) is 0 Å². The largest absolute Gasteiger partial charge is 0.383 e. The summed E-state index contributed by atoms with van der Waals surface area (Å²) in [6.45, 7) is 2.17. The molecule has 0 aromatic heterocycles. The second-order valence-electron chi connectivity index (χ2n) is 3.54. The summed E-state index contributed by atoms with van der Waals surface area (Å²) in [5.74, 6) is -0.483. The molecule has 5 nitrogen and oxygen atoms in total. The standard InChI is InChI=1S/C10H12FIN2O3/c1-6(5-17-2)13-9-3-7(11)8(12)4-10(9)14(15)16/h3-4,6,13H,5H2,1-2H3. The third-order valence-electron chi connectivity index (χ3n) is 2.05. The molecule has 0 bridgehead atoms. The summed E-state index contributed by atoms with van der Waals surface area (Å²) in [6, 6.07) is 2.20. The van der Waals surface area contributed by atoms with Gasteiger partial charge in [-0.15, -0.1) is 0 Å². The Balaban J connectivity index is 3.04. The van der Waals surface area contributed by atoms with Crippen molar-refractivity contribution in [3.63, 3.8) is 0 Å². The van der Waals surface area contributed by atoms with Gasteiger partial charge in [-0.1, -0.05) is 0 Å². The number of ether oxygens (including phenoxy) is 1. The fourth-order valence-corrected chi connectivity index (χ4v) is 1.81. The van der Waals surface area contributed by atoms with Gasteiger partial charge in [0.25, 0.3) is 5.69 Å². The van der Waals surface area contributed by atoms with Gasteiger partial charge in [0.05, 0.1) is 15.1 Å². The summed E-state index contributed by atoms with van der Waals surface area (Å²) < 4.78 is 18.5. The fourth-order valence-electron chi connectivity index (χ4n) is 1.36. The van der Waals surface area contributed by atoms with Crippen LogP contribution in [0.5, 0.6) is 0 Å². The highest BCUT2D eigenvalue weighted by molar-refractivity contribution is 14.1. The van der Waals surface area contributed by atoms with Gasteiger partial charge in [0.15, 0.2) is 0 Å². The molecule has 1 unspecified atom stereocenters. The van der Waals surface area contributed by atoms with Crippen LogP contribution in [-0.4, -0.2) is 24.7 Å². The monoisotopic (exact) mass is 354 g/mol. The van der Waals surface area contributed by atoms with E-state index < -0.39 is 10.7 Å². The minimum absolute atomic E-state index is 0.140. The molecule has 0 saturated carbocycles. The van der Waals surface area contributed by atoms with Crippen molar-refractivity contribution in [3.8, 4) is 0 Å². The molecule has 0 fully saturated rings. The minimum Gasteiger partial charge on any atom is -0.383 e. The van der Waals surface area contributed by atoms with E-state index in [-0.39, 0.29) is 21.0 Å². The Morgan fingerprint density at radius 2 is 2.29 bits per heavy atom. The van der Waals surface area contributed by atoms with E-state index in [1.165, 1.54) is 13.2 Å². The van der Waals surface area contributed by atoms with Crippen LogP contribution in [0, 0.1) is 19.5 Å². The Kier molecular flexibility index (Phi) is 5.06. The van der Waals surface area contributed by atoms with Crippen molar-refractivity contribution >= 4 is 34.0 Å². The number of nitrogens with zero attached hydrogens (tertiary/aromatic N) is 1. The summed E-state index contributed by atoms with van der Waals surface area (Å²) in [4.78, 5) is 10.3. The molecule has 1 atom stereocenters. The number of halogens is 2. The molecular weight excluding hydrogens is 342 g/mol. The molecule has 1 N–H and O–H groups in total. The predicted molar refractivity (Wildman–Crippen MR) is 70.7 cm³/mol. The number of anilines is 1. The Morgan fingerprint density at radius 3 is 2.82 bits per heavy atom. The summed E-state index contributed by atoms with van der Waals surface area (Å²) >= 11 is 1.72. The van der Waals surface area contributed by atoms with E-state index in [0.717, 1.165) is 6.07 Å². The van der Waals surface area contributed by atoms with Gasteiger partial charge in [-0.2, -0.15) is 0 Å². The van der Waals surface area contributed by atoms with Gasteiger partial charge in [-0.3, -0.25) is 10.1 Å². The van der Waals surface area contributed by atoms with E-state index in [1.807, 2.05) is 0 Å². The Morgan fingerprint density at radius 1 is 1.65 bits per heavy atom. The lowest BCUT2D eigenvalue weighted by molar-refractivity contribution is -0.384. The first-order valence-electron chi connectivity index (χ1n) is 4.84. The molecule has 0 aliphatic carbocycles. The van der Waals surface area contributed by atoms with Crippen LogP contribution in [-0.2, 0) is 4.74 Å². The number of nitro groups is 1. The van der Waals surface area contributed by atoms with Gasteiger partial charge in [0.1, 0.15) is 11.5 Å². The third kappa shape index (κ3) is 3.77. The predicted octanol–water partition coefficient (Wildman–Crippen LogP) is 2.79. The van der Waals surface area contributed by atoms with Gasteiger partial charge in [-0.05, 0) is 29.5 Å². The number of nitro benzene ring substituents is 1. The van der Waals surface area contributed by atoms with Crippen LogP contribution in [0.25, 0.3) is 0 Å². The summed E-state index contributed by atoms with van der Waals surface area (Å²) in [7, 11) is 1.53. The fraction of sp³-hybridized carbons (Fsp3) is 0.400. The molecular formula is C10H12FIN2O3. The number of nitrogens with one attached hydrogen (secondary N) is 1. The highest BCUT2D eigenvalue weighted by Crippen LogP contribution is 2.29. The lowest BCUT2D eigenvalue weighted by Gasteiger charge is -2.14. The normalized spacial score (nSPS) is 12.2. The molecule has 0 radical (unpaired) electrons. The van der Waals surface area contributed by atoms with Crippen molar-refractivity contribution in [2.24, 2.45) is 0 Å². The maximum Gasteiger partial charge on any atom is 0.293 e. The highest BCUT2D eigenvalue weighted by Gasteiger charge is 2.18. The highest BCUT2D eigenvalue weighted by atomic mass is 127. The zero-order valence-corrected chi connectivity index (χ0v) is 11.5. The molecule has 0 aliphatic heterocycles. The maximum absolute atomic E-state index is 13.4. The van der Waals surface area contributed by atoms with Crippen LogP contribution >= 0.6 is 22.6 Å². The van der Waals surface area contributed by atoms with Crippen LogP contribution in [0.1, 0.15) is 6.92 Å². The minimum atomic E-state index is -0.538.